The van der Waals surface area contributed by atoms with Crippen LogP contribution in [-0.4, -0.2) is 62.0 Å². The second-order valence-corrected chi connectivity index (χ2v) is 9.55. The molecule has 36 heavy (non-hydrogen) atoms. The van der Waals surface area contributed by atoms with E-state index in [0.29, 0.717) is 35.1 Å². The van der Waals surface area contributed by atoms with Gasteiger partial charge in [0.05, 0.1) is 25.0 Å². The van der Waals surface area contributed by atoms with E-state index >= 15 is 0 Å². The minimum Gasteiger partial charge on any atom is -0.398 e. The van der Waals surface area contributed by atoms with Crippen LogP contribution in [0.5, 0.6) is 0 Å². The summed E-state index contributed by atoms with van der Waals surface area (Å²) >= 11 is 0. The first-order valence-corrected chi connectivity index (χ1v) is 12.5. The molecular weight excluding hydrogens is 450 g/mol. The lowest BCUT2D eigenvalue weighted by molar-refractivity contribution is -0.0660. The number of ether oxygens (including phenoxy) is 1. The van der Waals surface area contributed by atoms with Crippen LogP contribution in [0.3, 0.4) is 0 Å². The molecular formula is C29H33N5O2. The van der Waals surface area contributed by atoms with Crippen molar-refractivity contribution in [1.82, 2.24) is 10.2 Å². The number of benzene rings is 3. The molecule has 3 aromatic rings. The zero-order valence-electron chi connectivity index (χ0n) is 20.7. The molecule has 0 unspecified atom stereocenters. The monoisotopic (exact) mass is 483 g/mol. The van der Waals surface area contributed by atoms with Crippen molar-refractivity contribution >= 4 is 23.0 Å². The van der Waals surface area contributed by atoms with Gasteiger partial charge in [-0.25, -0.2) is 0 Å². The van der Waals surface area contributed by atoms with Crippen molar-refractivity contribution < 1.29 is 9.53 Å². The zero-order valence-corrected chi connectivity index (χ0v) is 20.7. The van der Waals surface area contributed by atoms with Crippen LogP contribution in [0, 0.1) is 12.3 Å². The van der Waals surface area contributed by atoms with Crippen molar-refractivity contribution in [2.24, 2.45) is 0 Å². The summed E-state index contributed by atoms with van der Waals surface area (Å²) in [6.45, 7) is 8.25. The molecule has 7 nitrogen and oxygen atoms in total. The van der Waals surface area contributed by atoms with E-state index < -0.39 is 0 Å². The van der Waals surface area contributed by atoms with E-state index in [-0.39, 0.29) is 5.91 Å². The summed E-state index contributed by atoms with van der Waals surface area (Å²) < 4.78 is 5.33. The summed E-state index contributed by atoms with van der Waals surface area (Å²) in [4.78, 5) is 17.7. The molecule has 0 radical (unpaired) electrons. The zero-order chi connectivity index (χ0) is 25.1. The number of nitrogens with zero attached hydrogens (tertiary/aromatic N) is 2. The lowest BCUT2D eigenvalue weighted by atomic mass is 9.98. The number of nitrogens with one attached hydrogen (secondary N) is 2. The van der Waals surface area contributed by atoms with Crippen LogP contribution in [0.2, 0.25) is 0 Å². The van der Waals surface area contributed by atoms with Gasteiger partial charge < -0.3 is 20.7 Å². The van der Waals surface area contributed by atoms with Gasteiger partial charge in [0.1, 0.15) is 0 Å². The summed E-state index contributed by atoms with van der Waals surface area (Å²) in [6.07, 6.45) is 0. The minimum atomic E-state index is -0.185. The Labute approximate surface area is 212 Å². The maximum absolute atomic E-state index is 12.8. The highest BCUT2D eigenvalue weighted by atomic mass is 16.5. The van der Waals surface area contributed by atoms with Gasteiger partial charge in [0, 0.05) is 60.8 Å². The number of nitrogens with two attached hydrogens (primary N) is 1. The maximum Gasteiger partial charge on any atom is 0.251 e. The smallest absolute Gasteiger partial charge is 0.251 e. The summed E-state index contributed by atoms with van der Waals surface area (Å²) in [6, 6.07) is 21.8. The third-order valence-electron chi connectivity index (χ3n) is 7.26. The van der Waals surface area contributed by atoms with E-state index in [1.54, 1.807) is 18.2 Å². The molecule has 2 aliphatic heterocycles. The van der Waals surface area contributed by atoms with Gasteiger partial charge in [-0.05, 0) is 48.4 Å². The number of hydrogen-bond donors (Lipinski definition) is 3. The number of rotatable bonds is 7. The fourth-order valence-corrected chi connectivity index (χ4v) is 4.77. The van der Waals surface area contributed by atoms with Gasteiger partial charge in [0.25, 0.3) is 5.91 Å². The molecule has 0 saturated carbocycles. The molecule has 4 N–H and O–H groups in total. The predicted octanol–water partition coefficient (Wildman–Crippen LogP) is 3.44. The van der Waals surface area contributed by atoms with Gasteiger partial charge in [-0.15, -0.1) is 0 Å². The Morgan fingerprint density at radius 2 is 1.69 bits per heavy atom. The molecule has 5 rings (SSSR count). The van der Waals surface area contributed by atoms with Crippen LogP contribution in [-0.2, 0) is 11.3 Å². The summed E-state index contributed by atoms with van der Waals surface area (Å²) in [5, 5.41) is 11.8. The molecule has 0 aliphatic carbocycles. The first-order valence-electron chi connectivity index (χ1n) is 12.5. The Bertz CT molecular complexity index is 1240. The van der Waals surface area contributed by atoms with E-state index in [1.165, 1.54) is 0 Å². The molecule has 0 bridgehead atoms. The molecule has 2 aliphatic rings. The molecule has 1 amide bonds. The van der Waals surface area contributed by atoms with E-state index in [4.69, 9.17) is 15.9 Å². The van der Waals surface area contributed by atoms with Crippen molar-refractivity contribution in [2.75, 3.05) is 50.0 Å². The van der Waals surface area contributed by atoms with Gasteiger partial charge in [-0.3, -0.25) is 15.1 Å². The molecule has 0 aromatic heterocycles. The summed E-state index contributed by atoms with van der Waals surface area (Å²) in [7, 11) is 0. The average Bonchev–Trinajstić information content (AvgIpc) is 2.87. The number of aryl methyl sites for hydroxylation is 1. The third kappa shape index (κ3) is 5.12. The van der Waals surface area contributed by atoms with Crippen LogP contribution in [0.1, 0.15) is 32.6 Å². The number of carbonyl (C=O) groups excluding carboxylic acids is 1. The van der Waals surface area contributed by atoms with Crippen LogP contribution in [0.15, 0.2) is 66.7 Å². The van der Waals surface area contributed by atoms with Gasteiger partial charge in [-0.2, -0.15) is 0 Å². The average molecular weight is 484 g/mol. The normalized spacial score (nSPS) is 16.4. The first-order chi connectivity index (χ1) is 17.5. The third-order valence-corrected chi connectivity index (χ3v) is 7.26. The van der Waals surface area contributed by atoms with Crippen LogP contribution in [0.4, 0.5) is 11.4 Å². The number of amides is 1. The Morgan fingerprint density at radius 3 is 2.36 bits per heavy atom. The summed E-state index contributed by atoms with van der Waals surface area (Å²) in [5.41, 5.74) is 12.2. The van der Waals surface area contributed by atoms with Gasteiger partial charge in [0.15, 0.2) is 0 Å². The highest BCUT2D eigenvalue weighted by Gasteiger charge is 2.28. The molecule has 2 saturated heterocycles. The number of carbonyl (C=O) groups is 1. The Hall–Kier alpha value is -3.68. The lowest BCUT2D eigenvalue weighted by Crippen LogP contribution is -2.56. The van der Waals surface area contributed by atoms with E-state index in [9.17, 15) is 4.79 Å². The molecule has 186 valence electrons. The standard InChI is InChI=1S/C29H33N5O2/c1-20-4-2-3-5-23(20)17-32-29(35)22-8-11-27(30)26(16-22)28(31)21-6-9-24(10-7-21)33-12-14-34(15-13-33)25-18-36-19-25/h2-11,16,25,31H,12-15,17-19,30H2,1H3,(H,32,35). The molecule has 2 heterocycles. The van der Waals surface area contributed by atoms with Crippen LogP contribution >= 0.6 is 0 Å². The number of nitrogen functional groups attached to an aromatic ring is 1. The van der Waals surface area contributed by atoms with Crippen LogP contribution < -0.4 is 16.0 Å². The molecule has 0 spiro atoms. The van der Waals surface area contributed by atoms with Crippen molar-refractivity contribution in [2.45, 2.75) is 19.5 Å². The van der Waals surface area contributed by atoms with Gasteiger partial charge >= 0.3 is 0 Å². The number of hydrogen-bond acceptors (Lipinski definition) is 6. The SMILES string of the molecule is Cc1ccccc1CNC(=O)c1ccc(N)c(C(=N)c2ccc(N3CCN(C4COC4)CC3)cc2)c1. The number of piperazine rings is 1. The Balaban J connectivity index is 1.24. The first kappa shape index (κ1) is 24.0. The summed E-state index contributed by atoms with van der Waals surface area (Å²) in [5.74, 6) is -0.185. The Morgan fingerprint density at radius 1 is 1.00 bits per heavy atom. The molecule has 0 atom stereocenters. The van der Waals surface area contributed by atoms with Crippen LogP contribution in [0.25, 0.3) is 0 Å². The fraction of sp³-hybridized carbons (Fsp3) is 0.310. The van der Waals surface area contributed by atoms with E-state index in [1.807, 2.05) is 43.3 Å². The molecule has 2 fully saturated rings. The largest absolute Gasteiger partial charge is 0.398 e. The number of anilines is 2. The fourth-order valence-electron chi connectivity index (χ4n) is 4.77. The minimum absolute atomic E-state index is 0.185. The van der Waals surface area contributed by atoms with E-state index in [0.717, 1.165) is 61.8 Å². The highest BCUT2D eigenvalue weighted by Crippen LogP contribution is 2.23. The van der Waals surface area contributed by atoms with Crippen molar-refractivity contribution in [1.29, 1.82) is 5.41 Å². The van der Waals surface area contributed by atoms with Crippen molar-refractivity contribution in [3.8, 4) is 0 Å². The molecule has 3 aromatic carbocycles. The van der Waals surface area contributed by atoms with Gasteiger partial charge in [0.2, 0.25) is 0 Å². The lowest BCUT2D eigenvalue weighted by Gasteiger charge is -2.43. The van der Waals surface area contributed by atoms with E-state index in [2.05, 4.69) is 27.2 Å². The Kier molecular flexibility index (Phi) is 7.02. The maximum atomic E-state index is 12.8. The predicted molar refractivity (Wildman–Crippen MR) is 144 cm³/mol. The second-order valence-electron chi connectivity index (χ2n) is 9.55. The quantitative estimate of drug-likeness (QED) is 0.354. The van der Waals surface area contributed by atoms with Crippen molar-refractivity contribution in [3.05, 3.63) is 94.5 Å². The highest BCUT2D eigenvalue weighted by molar-refractivity contribution is 6.15. The topological polar surface area (TPSA) is 94.7 Å². The molecule has 7 heteroatoms. The second kappa shape index (κ2) is 10.5. The van der Waals surface area contributed by atoms with Gasteiger partial charge in [-0.1, -0.05) is 36.4 Å². The van der Waals surface area contributed by atoms with Crippen molar-refractivity contribution in [3.63, 3.8) is 0 Å².